The predicted octanol–water partition coefficient (Wildman–Crippen LogP) is 10.6. The smallest absolute Gasteiger partial charge is 0.0892 e. The number of fused-ring (bicyclic) bond motifs is 4. The van der Waals surface area contributed by atoms with Crippen LogP contribution in [0.3, 0.4) is 0 Å². The second-order valence-corrected chi connectivity index (χ2v) is 13.2. The molecule has 6 aromatic rings. The Hall–Kier alpha value is -5.40. The maximum atomic E-state index is 10.6. The van der Waals surface area contributed by atoms with E-state index in [0.717, 1.165) is 25.7 Å². The largest absolute Gasteiger partial charge is 0.513 e. The molecule has 9 rings (SSSR count). The second-order valence-electron chi connectivity index (χ2n) is 13.2. The van der Waals surface area contributed by atoms with E-state index in [1.54, 1.807) is 0 Å². The van der Waals surface area contributed by atoms with E-state index in [1.807, 2.05) is 0 Å². The van der Waals surface area contributed by atoms with E-state index in [4.69, 9.17) is 0 Å². The Morgan fingerprint density at radius 3 is 1.96 bits per heavy atom. The summed E-state index contributed by atoms with van der Waals surface area (Å²) in [5.74, 6) is 0.821. The first-order chi connectivity index (χ1) is 23.2. The topological polar surface area (TPSA) is 20.2 Å². The SMILES string of the molecule is OC1=CC2C(=CC=C(c3cccc(-c4c5c(c(-c6ccc7ccccc7c6)c6ccccc46)=CCCC=5)c3)C2c2ccccc2)CC1. The van der Waals surface area contributed by atoms with Crippen molar-refractivity contribution in [1.82, 2.24) is 0 Å². The van der Waals surface area contributed by atoms with Gasteiger partial charge in [-0.2, -0.15) is 0 Å². The van der Waals surface area contributed by atoms with Crippen molar-refractivity contribution in [3.63, 3.8) is 0 Å². The summed E-state index contributed by atoms with van der Waals surface area (Å²) in [6.45, 7) is 0. The third-order valence-corrected chi connectivity index (χ3v) is 10.5. The predicted molar refractivity (Wildman–Crippen MR) is 198 cm³/mol. The van der Waals surface area contributed by atoms with Crippen LogP contribution in [0.5, 0.6) is 0 Å². The third-order valence-electron chi connectivity index (χ3n) is 10.5. The molecule has 0 aromatic heterocycles. The number of hydrogen-bond acceptors (Lipinski definition) is 1. The van der Waals surface area contributed by atoms with Gasteiger partial charge < -0.3 is 5.11 Å². The van der Waals surface area contributed by atoms with Crippen molar-refractivity contribution in [3.05, 3.63) is 172 Å². The average Bonchev–Trinajstić information content (AvgIpc) is 3.13. The van der Waals surface area contributed by atoms with Crippen LogP contribution in [0.4, 0.5) is 0 Å². The quantitative estimate of drug-likeness (QED) is 0.212. The van der Waals surface area contributed by atoms with Gasteiger partial charge in [-0.15, -0.1) is 0 Å². The Bertz CT molecular complexity index is 2420. The summed E-state index contributed by atoms with van der Waals surface area (Å²) in [5, 5.41) is 18.5. The molecular weight excluding hydrogens is 569 g/mol. The lowest BCUT2D eigenvalue weighted by molar-refractivity contribution is 0.366. The highest BCUT2D eigenvalue weighted by atomic mass is 16.3. The van der Waals surface area contributed by atoms with Gasteiger partial charge in [-0.1, -0.05) is 139 Å². The molecule has 6 aromatic carbocycles. The van der Waals surface area contributed by atoms with Gasteiger partial charge in [-0.25, -0.2) is 0 Å². The van der Waals surface area contributed by atoms with Gasteiger partial charge >= 0.3 is 0 Å². The minimum absolute atomic E-state index is 0.148. The van der Waals surface area contributed by atoms with Crippen LogP contribution in [0.1, 0.15) is 42.7 Å². The molecule has 0 bridgehead atoms. The zero-order chi connectivity index (χ0) is 31.3. The summed E-state index contributed by atoms with van der Waals surface area (Å²) in [5.41, 5.74) is 10.4. The fourth-order valence-electron chi connectivity index (χ4n) is 8.34. The van der Waals surface area contributed by atoms with Crippen molar-refractivity contribution in [2.45, 2.75) is 31.6 Å². The molecule has 2 atom stereocenters. The molecule has 3 aliphatic carbocycles. The van der Waals surface area contributed by atoms with E-state index >= 15 is 0 Å². The first kappa shape index (κ1) is 27.9. The molecule has 1 heteroatoms. The third kappa shape index (κ3) is 4.77. The van der Waals surface area contributed by atoms with Gasteiger partial charge in [-0.3, -0.25) is 0 Å². The highest BCUT2D eigenvalue weighted by Gasteiger charge is 2.33. The van der Waals surface area contributed by atoms with Crippen LogP contribution >= 0.6 is 0 Å². The molecule has 0 saturated heterocycles. The molecule has 0 saturated carbocycles. The van der Waals surface area contributed by atoms with Crippen molar-refractivity contribution in [1.29, 1.82) is 0 Å². The molecule has 1 nitrogen and oxygen atoms in total. The van der Waals surface area contributed by atoms with Crippen LogP contribution in [0.15, 0.2) is 151 Å². The lowest BCUT2D eigenvalue weighted by Gasteiger charge is -2.35. The normalized spacial score (nSPS) is 18.7. The van der Waals surface area contributed by atoms with Crippen molar-refractivity contribution < 1.29 is 5.11 Å². The first-order valence-electron chi connectivity index (χ1n) is 16.9. The van der Waals surface area contributed by atoms with Gasteiger partial charge in [0.2, 0.25) is 0 Å². The average molecular weight is 605 g/mol. The standard InChI is InChI=1S/C46H36O/c47-37-25-23-31-24-26-38(44(43(31)29-37)32-12-2-1-3-13-32)34-15-10-16-35(28-34)45-39-17-6-8-19-41(39)46(42-20-9-7-18-40(42)45)36-22-21-30-11-4-5-14-33(30)27-36/h1-6,8,10-22,24,26-29,43-44,47H,7,9,23,25H2. The Kier molecular flexibility index (Phi) is 6.78. The van der Waals surface area contributed by atoms with Gasteiger partial charge in [0.15, 0.2) is 0 Å². The first-order valence-corrected chi connectivity index (χ1v) is 16.9. The van der Waals surface area contributed by atoms with E-state index in [1.165, 1.54) is 76.5 Å². The van der Waals surface area contributed by atoms with Crippen LogP contribution in [0.2, 0.25) is 0 Å². The molecule has 0 heterocycles. The van der Waals surface area contributed by atoms with Crippen molar-refractivity contribution in [3.8, 4) is 22.3 Å². The number of allylic oxidation sites excluding steroid dienone is 6. The van der Waals surface area contributed by atoms with Gasteiger partial charge in [0.25, 0.3) is 0 Å². The summed E-state index contributed by atoms with van der Waals surface area (Å²) in [4.78, 5) is 0. The van der Waals surface area contributed by atoms with E-state index < -0.39 is 0 Å². The zero-order valence-electron chi connectivity index (χ0n) is 26.4. The molecule has 2 unspecified atom stereocenters. The van der Waals surface area contributed by atoms with Gasteiger partial charge in [0.1, 0.15) is 0 Å². The van der Waals surface area contributed by atoms with Crippen LogP contribution in [0, 0.1) is 5.92 Å². The van der Waals surface area contributed by atoms with E-state index in [2.05, 4.69) is 152 Å². The molecule has 0 radical (unpaired) electrons. The van der Waals surface area contributed by atoms with Crippen molar-refractivity contribution in [2.75, 3.05) is 0 Å². The molecular formula is C46H36O. The van der Waals surface area contributed by atoms with Crippen LogP contribution < -0.4 is 10.4 Å². The molecule has 0 fully saturated rings. The minimum Gasteiger partial charge on any atom is -0.513 e. The Morgan fingerprint density at radius 2 is 1.19 bits per heavy atom. The Morgan fingerprint density at radius 1 is 0.532 bits per heavy atom. The second kappa shape index (κ2) is 11.4. The van der Waals surface area contributed by atoms with Gasteiger partial charge in [-0.05, 0) is 108 Å². The molecule has 0 spiro atoms. The zero-order valence-corrected chi connectivity index (χ0v) is 26.4. The summed E-state index contributed by atoms with van der Waals surface area (Å²) >= 11 is 0. The summed E-state index contributed by atoms with van der Waals surface area (Å²) in [6, 6.07) is 44.6. The maximum absolute atomic E-state index is 10.6. The Labute approximate surface area is 275 Å². The molecule has 1 N–H and O–H groups in total. The van der Waals surface area contributed by atoms with Crippen LogP contribution in [0.25, 0.3) is 61.5 Å². The summed E-state index contributed by atoms with van der Waals surface area (Å²) in [7, 11) is 0. The minimum atomic E-state index is 0.148. The highest BCUT2D eigenvalue weighted by Crippen LogP contribution is 2.48. The van der Waals surface area contributed by atoms with E-state index in [9.17, 15) is 5.11 Å². The fourth-order valence-corrected chi connectivity index (χ4v) is 8.34. The van der Waals surface area contributed by atoms with Gasteiger partial charge in [0.05, 0.1) is 5.76 Å². The lowest BCUT2D eigenvalue weighted by atomic mass is 9.69. The van der Waals surface area contributed by atoms with E-state index in [-0.39, 0.29) is 11.8 Å². The number of aliphatic hydroxyl groups is 1. The van der Waals surface area contributed by atoms with Crippen LogP contribution in [-0.4, -0.2) is 5.11 Å². The lowest BCUT2D eigenvalue weighted by Crippen LogP contribution is -2.31. The highest BCUT2D eigenvalue weighted by molar-refractivity contribution is 6.07. The van der Waals surface area contributed by atoms with Crippen LogP contribution in [-0.2, 0) is 0 Å². The summed E-state index contributed by atoms with van der Waals surface area (Å²) < 4.78 is 0. The van der Waals surface area contributed by atoms with Crippen molar-refractivity contribution in [2.24, 2.45) is 5.92 Å². The van der Waals surface area contributed by atoms with Gasteiger partial charge in [0, 0.05) is 18.3 Å². The maximum Gasteiger partial charge on any atom is 0.0892 e. The molecule has 3 aliphatic rings. The molecule has 0 amide bonds. The summed E-state index contributed by atoms with van der Waals surface area (Å²) in [6.07, 6.45) is 15.4. The monoisotopic (exact) mass is 604 g/mol. The molecule has 0 aliphatic heterocycles. The number of benzene rings is 6. The Balaban J connectivity index is 1.26. The molecule has 226 valence electrons. The van der Waals surface area contributed by atoms with Crippen molar-refractivity contribution >= 4 is 39.3 Å². The number of rotatable bonds is 4. The van der Waals surface area contributed by atoms with E-state index in [0.29, 0.717) is 5.76 Å². The number of aliphatic hydroxyl groups excluding tert-OH is 1. The fraction of sp³-hybridized carbons (Fsp3) is 0.130. The molecule has 47 heavy (non-hydrogen) atoms. The number of hydrogen-bond donors (Lipinski definition) is 1.